The highest BCUT2D eigenvalue weighted by Gasteiger charge is 2.45. The molecule has 1 atom stereocenters. The number of aliphatic hydroxyl groups excluding tert-OH is 1. The second-order valence-electron chi connectivity index (χ2n) is 8.57. The van der Waals surface area contributed by atoms with Crippen LogP contribution < -0.4 is 14.2 Å². The normalized spacial score (nSPS) is 16.8. The summed E-state index contributed by atoms with van der Waals surface area (Å²) >= 11 is 0. The second-order valence-corrected chi connectivity index (χ2v) is 8.57. The summed E-state index contributed by atoms with van der Waals surface area (Å²) in [4.78, 5) is 28.0. The molecule has 0 spiro atoms. The molecule has 1 fully saturated rings. The van der Waals surface area contributed by atoms with Crippen LogP contribution in [0.15, 0.2) is 72.3 Å². The van der Waals surface area contributed by atoms with E-state index in [1.807, 2.05) is 49.4 Å². The lowest BCUT2D eigenvalue weighted by Gasteiger charge is -2.25. The van der Waals surface area contributed by atoms with Gasteiger partial charge in [0.1, 0.15) is 11.5 Å². The van der Waals surface area contributed by atoms with E-state index in [9.17, 15) is 14.7 Å². The lowest BCUT2D eigenvalue weighted by atomic mass is 9.94. The SMILES string of the molecule is COc1cccc(C(O)=C2C(=O)C(=O)N(CCc3ccc(OC)c(OC)c3)[C@H]2c2ccc(C)cc2)c1. The van der Waals surface area contributed by atoms with Gasteiger partial charge in [-0.1, -0.05) is 48.0 Å². The molecule has 36 heavy (non-hydrogen) atoms. The number of likely N-dealkylation sites (tertiary alicyclic amines) is 1. The monoisotopic (exact) mass is 487 g/mol. The van der Waals surface area contributed by atoms with E-state index in [0.29, 0.717) is 29.2 Å². The van der Waals surface area contributed by atoms with Crippen molar-refractivity contribution in [1.82, 2.24) is 4.90 Å². The number of hydrogen-bond acceptors (Lipinski definition) is 6. The molecule has 0 bridgehead atoms. The van der Waals surface area contributed by atoms with E-state index in [1.165, 1.54) is 12.0 Å². The van der Waals surface area contributed by atoms with E-state index in [0.717, 1.165) is 16.7 Å². The summed E-state index contributed by atoms with van der Waals surface area (Å²) in [6, 6.07) is 19.2. The average Bonchev–Trinajstić information content (AvgIpc) is 3.16. The molecule has 3 aromatic carbocycles. The number of ether oxygens (including phenoxy) is 3. The first kappa shape index (κ1) is 24.9. The summed E-state index contributed by atoms with van der Waals surface area (Å²) in [6.45, 7) is 2.24. The molecular formula is C29H29NO6. The predicted molar refractivity (Wildman–Crippen MR) is 136 cm³/mol. The first-order chi connectivity index (χ1) is 17.4. The molecule has 0 radical (unpaired) electrons. The van der Waals surface area contributed by atoms with E-state index >= 15 is 0 Å². The number of rotatable bonds is 8. The minimum absolute atomic E-state index is 0.0596. The molecule has 1 N–H and O–H groups in total. The topological polar surface area (TPSA) is 85.3 Å². The van der Waals surface area contributed by atoms with Gasteiger partial charge in [0.05, 0.1) is 32.9 Å². The molecule has 1 aliphatic heterocycles. The Hall–Kier alpha value is -4.26. The number of hydrogen-bond donors (Lipinski definition) is 1. The van der Waals surface area contributed by atoms with Crippen LogP contribution in [0, 0.1) is 6.92 Å². The largest absolute Gasteiger partial charge is 0.507 e. The lowest BCUT2D eigenvalue weighted by molar-refractivity contribution is -0.139. The minimum Gasteiger partial charge on any atom is -0.507 e. The Morgan fingerprint density at radius 1 is 0.889 bits per heavy atom. The van der Waals surface area contributed by atoms with Gasteiger partial charge < -0.3 is 24.2 Å². The third-order valence-electron chi connectivity index (χ3n) is 6.37. The number of aryl methyl sites for hydroxylation is 1. The quantitative estimate of drug-likeness (QED) is 0.282. The highest BCUT2D eigenvalue weighted by Crippen LogP contribution is 2.40. The first-order valence-electron chi connectivity index (χ1n) is 11.6. The molecule has 7 nitrogen and oxygen atoms in total. The van der Waals surface area contributed by atoms with Crippen molar-refractivity contribution in [2.45, 2.75) is 19.4 Å². The van der Waals surface area contributed by atoms with Crippen molar-refractivity contribution in [3.8, 4) is 17.2 Å². The fourth-order valence-electron chi connectivity index (χ4n) is 4.42. The van der Waals surface area contributed by atoms with Gasteiger partial charge in [-0.05, 0) is 48.7 Å². The van der Waals surface area contributed by atoms with Crippen LogP contribution in [-0.2, 0) is 16.0 Å². The van der Waals surface area contributed by atoms with Crippen molar-refractivity contribution in [3.63, 3.8) is 0 Å². The van der Waals surface area contributed by atoms with Crippen LogP contribution in [0.2, 0.25) is 0 Å². The molecule has 0 unspecified atom stereocenters. The Morgan fingerprint density at radius 3 is 2.28 bits per heavy atom. The number of methoxy groups -OCH3 is 3. The maximum absolute atomic E-state index is 13.3. The highest BCUT2D eigenvalue weighted by molar-refractivity contribution is 6.46. The van der Waals surface area contributed by atoms with Crippen LogP contribution in [0.4, 0.5) is 0 Å². The first-order valence-corrected chi connectivity index (χ1v) is 11.6. The summed E-state index contributed by atoms with van der Waals surface area (Å²) in [5.74, 6) is 0.142. The number of Topliss-reactive ketones (excluding diaryl/α,β-unsaturated/α-hetero) is 1. The van der Waals surface area contributed by atoms with Crippen molar-refractivity contribution in [3.05, 3.63) is 94.6 Å². The van der Waals surface area contributed by atoms with Crippen LogP contribution in [-0.4, -0.2) is 49.6 Å². The maximum Gasteiger partial charge on any atom is 0.295 e. The van der Waals surface area contributed by atoms with E-state index < -0.39 is 17.7 Å². The molecule has 3 aromatic rings. The van der Waals surface area contributed by atoms with Gasteiger partial charge >= 0.3 is 0 Å². The van der Waals surface area contributed by atoms with Gasteiger partial charge in [-0.25, -0.2) is 0 Å². The molecule has 1 saturated heterocycles. The number of amides is 1. The number of carbonyl (C=O) groups is 2. The third-order valence-corrected chi connectivity index (χ3v) is 6.37. The van der Waals surface area contributed by atoms with Crippen molar-refractivity contribution in [2.24, 2.45) is 0 Å². The Labute approximate surface area is 210 Å². The molecule has 1 heterocycles. The predicted octanol–water partition coefficient (Wildman–Crippen LogP) is 4.69. The number of nitrogens with zero attached hydrogens (tertiary/aromatic N) is 1. The van der Waals surface area contributed by atoms with Crippen LogP contribution in [0.1, 0.15) is 28.3 Å². The number of aliphatic hydroxyl groups is 1. The zero-order valence-corrected chi connectivity index (χ0v) is 20.8. The van der Waals surface area contributed by atoms with Crippen LogP contribution >= 0.6 is 0 Å². The van der Waals surface area contributed by atoms with Gasteiger partial charge in [0.25, 0.3) is 11.7 Å². The van der Waals surface area contributed by atoms with Crippen molar-refractivity contribution in [2.75, 3.05) is 27.9 Å². The van der Waals surface area contributed by atoms with Gasteiger partial charge in [-0.15, -0.1) is 0 Å². The van der Waals surface area contributed by atoms with Gasteiger partial charge in [0, 0.05) is 12.1 Å². The zero-order chi connectivity index (χ0) is 25.8. The Bertz CT molecular complexity index is 1310. The molecule has 0 aromatic heterocycles. The molecular weight excluding hydrogens is 458 g/mol. The van der Waals surface area contributed by atoms with Gasteiger partial charge in [-0.2, -0.15) is 0 Å². The van der Waals surface area contributed by atoms with E-state index in [-0.39, 0.29) is 17.9 Å². The van der Waals surface area contributed by atoms with Crippen LogP contribution in [0.3, 0.4) is 0 Å². The summed E-state index contributed by atoms with van der Waals surface area (Å²) in [6.07, 6.45) is 0.481. The lowest BCUT2D eigenvalue weighted by Crippen LogP contribution is -2.31. The van der Waals surface area contributed by atoms with Gasteiger partial charge in [0.2, 0.25) is 0 Å². The maximum atomic E-state index is 13.3. The second kappa shape index (κ2) is 10.6. The summed E-state index contributed by atoms with van der Waals surface area (Å²) in [5.41, 5.74) is 3.18. The fraction of sp³-hybridized carbons (Fsp3) is 0.241. The van der Waals surface area contributed by atoms with Crippen molar-refractivity contribution in [1.29, 1.82) is 0 Å². The van der Waals surface area contributed by atoms with Crippen LogP contribution in [0.5, 0.6) is 17.2 Å². The summed E-state index contributed by atoms with van der Waals surface area (Å²) < 4.78 is 16.0. The van der Waals surface area contributed by atoms with Crippen molar-refractivity contribution < 1.29 is 28.9 Å². The number of carbonyl (C=O) groups excluding carboxylic acids is 2. The Kier molecular flexibility index (Phi) is 7.29. The van der Waals surface area contributed by atoms with E-state index in [1.54, 1.807) is 38.5 Å². The summed E-state index contributed by atoms with van der Waals surface area (Å²) in [7, 11) is 4.66. The smallest absolute Gasteiger partial charge is 0.295 e. The van der Waals surface area contributed by atoms with E-state index in [4.69, 9.17) is 14.2 Å². The van der Waals surface area contributed by atoms with Gasteiger partial charge in [0.15, 0.2) is 11.5 Å². The molecule has 1 aliphatic rings. The molecule has 186 valence electrons. The summed E-state index contributed by atoms with van der Waals surface area (Å²) in [5, 5.41) is 11.2. The molecule has 7 heteroatoms. The number of ketones is 1. The van der Waals surface area contributed by atoms with E-state index in [2.05, 4.69) is 0 Å². The van der Waals surface area contributed by atoms with Gasteiger partial charge in [-0.3, -0.25) is 9.59 Å². The molecule has 1 amide bonds. The average molecular weight is 488 g/mol. The minimum atomic E-state index is -0.725. The molecule has 4 rings (SSSR count). The standard InChI is InChI=1S/C29H29NO6/c1-18-8-11-20(12-9-18)26-25(27(31)21-6-5-7-22(17-21)34-2)28(32)29(33)30(26)15-14-19-10-13-23(35-3)24(16-19)36-4/h5-13,16-17,26,31H,14-15H2,1-4H3/t26-/m0/s1. The molecule has 0 aliphatic carbocycles. The third kappa shape index (κ3) is 4.77. The Balaban J connectivity index is 1.75. The van der Waals surface area contributed by atoms with Crippen LogP contribution in [0.25, 0.3) is 5.76 Å². The zero-order valence-electron chi connectivity index (χ0n) is 20.8. The highest BCUT2D eigenvalue weighted by atomic mass is 16.5. The Morgan fingerprint density at radius 2 is 1.61 bits per heavy atom. The fourth-order valence-corrected chi connectivity index (χ4v) is 4.42. The van der Waals surface area contributed by atoms with Crippen molar-refractivity contribution >= 4 is 17.4 Å². The molecule has 0 saturated carbocycles. The number of benzene rings is 3.